The molecule has 0 fully saturated rings. The number of aromatic nitrogens is 2. The van der Waals surface area contributed by atoms with Crippen LogP contribution in [0, 0.1) is 11.6 Å². The number of benzene rings is 2. The summed E-state index contributed by atoms with van der Waals surface area (Å²) in [5.41, 5.74) is 1.65. The van der Waals surface area contributed by atoms with Crippen molar-refractivity contribution in [1.29, 1.82) is 0 Å². The van der Waals surface area contributed by atoms with Crippen LogP contribution in [-0.4, -0.2) is 15.3 Å². The highest BCUT2D eigenvalue weighted by Crippen LogP contribution is 2.31. The zero-order valence-electron chi connectivity index (χ0n) is 15.1. The number of amides is 1. The SMILES string of the molecule is O=C(CC(c1ccccc1F)c1cnc2ccc(Cl)cn12)Nc1ccccc1F. The fraction of sp³-hybridized carbons (Fsp3) is 0.0909. The second kappa shape index (κ2) is 8.01. The van der Waals surface area contributed by atoms with E-state index >= 15 is 0 Å². The lowest BCUT2D eigenvalue weighted by molar-refractivity contribution is -0.116. The summed E-state index contributed by atoms with van der Waals surface area (Å²) in [5.74, 6) is -2.06. The smallest absolute Gasteiger partial charge is 0.225 e. The number of nitrogens with one attached hydrogen (secondary N) is 1. The van der Waals surface area contributed by atoms with E-state index < -0.39 is 23.5 Å². The van der Waals surface area contributed by atoms with Crippen LogP contribution in [0.1, 0.15) is 23.6 Å². The largest absolute Gasteiger partial charge is 0.324 e. The van der Waals surface area contributed by atoms with Crippen LogP contribution in [0.25, 0.3) is 5.65 Å². The average Bonchev–Trinajstić information content (AvgIpc) is 3.11. The van der Waals surface area contributed by atoms with Crippen molar-refractivity contribution in [3.63, 3.8) is 0 Å². The van der Waals surface area contributed by atoms with Gasteiger partial charge in [0.15, 0.2) is 0 Å². The van der Waals surface area contributed by atoms with Crippen LogP contribution in [0.4, 0.5) is 14.5 Å². The lowest BCUT2D eigenvalue weighted by Gasteiger charge is -2.18. The molecule has 0 aliphatic heterocycles. The molecular weight excluding hydrogens is 396 g/mol. The van der Waals surface area contributed by atoms with Gasteiger partial charge in [-0.05, 0) is 35.9 Å². The molecule has 2 aromatic heterocycles. The Labute approximate surface area is 170 Å². The second-order valence-corrected chi connectivity index (χ2v) is 7.00. The lowest BCUT2D eigenvalue weighted by Crippen LogP contribution is -2.18. The molecule has 146 valence electrons. The number of rotatable bonds is 5. The minimum Gasteiger partial charge on any atom is -0.324 e. The van der Waals surface area contributed by atoms with Crippen molar-refractivity contribution in [2.45, 2.75) is 12.3 Å². The summed E-state index contributed by atoms with van der Waals surface area (Å²) in [6.45, 7) is 0. The van der Waals surface area contributed by atoms with E-state index in [1.54, 1.807) is 53.2 Å². The molecule has 0 aliphatic rings. The van der Waals surface area contributed by atoms with Gasteiger partial charge in [-0.1, -0.05) is 41.9 Å². The van der Waals surface area contributed by atoms with Crippen LogP contribution < -0.4 is 5.32 Å². The molecule has 0 bridgehead atoms. The van der Waals surface area contributed by atoms with Crippen molar-refractivity contribution in [3.8, 4) is 0 Å². The van der Waals surface area contributed by atoms with E-state index in [1.165, 1.54) is 24.3 Å². The molecule has 0 spiro atoms. The molecule has 7 heteroatoms. The van der Waals surface area contributed by atoms with E-state index in [2.05, 4.69) is 10.3 Å². The molecule has 4 rings (SSSR count). The van der Waals surface area contributed by atoms with E-state index in [9.17, 15) is 13.6 Å². The fourth-order valence-corrected chi connectivity index (χ4v) is 3.47. The molecule has 4 aromatic rings. The first kappa shape index (κ1) is 19.1. The number of nitrogens with zero attached hydrogens (tertiary/aromatic N) is 2. The van der Waals surface area contributed by atoms with Crippen molar-refractivity contribution < 1.29 is 13.6 Å². The average molecular weight is 412 g/mol. The summed E-state index contributed by atoms with van der Waals surface area (Å²) in [4.78, 5) is 17.0. The number of para-hydroxylation sites is 1. The van der Waals surface area contributed by atoms with Crippen molar-refractivity contribution in [3.05, 3.63) is 101 Å². The summed E-state index contributed by atoms with van der Waals surface area (Å²) in [6, 6.07) is 15.6. The van der Waals surface area contributed by atoms with Crippen molar-refractivity contribution in [2.24, 2.45) is 0 Å². The van der Waals surface area contributed by atoms with Crippen LogP contribution in [0.2, 0.25) is 5.02 Å². The number of carbonyl (C=O) groups is 1. The maximum Gasteiger partial charge on any atom is 0.225 e. The first-order valence-electron chi connectivity index (χ1n) is 8.94. The van der Waals surface area contributed by atoms with E-state index in [0.717, 1.165) is 0 Å². The molecule has 0 saturated carbocycles. The Morgan fingerprint density at radius 1 is 1.03 bits per heavy atom. The molecule has 29 heavy (non-hydrogen) atoms. The second-order valence-electron chi connectivity index (χ2n) is 6.56. The number of anilines is 1. The number of hydrogen-bond acceptors (Lipinski definition) is 2. The number of pyridine rings is 1. The summed E-state index contributed by atoms with van der Waals surface area (Å²) in [7, 11) is 0. The monoisotopic (exact) mass is 411 g/mol. The Morgan fingerprint density at radius 2 is 1.76 bits per heavy atom. The molecule has 1 unspecified atom stereocenters. The van der Waals surface area contributed by atoms with Gasteiger partial charge in [0.1, 0.15) is 17.3 Å². The van der Waals surface area contributed by atoms with Crippen LogP contribution in [0.3, 0.4) is 0 Å². The van der Waals surface area contributed by atoms with Gasteiger partial charge in [0.05, 0.1) is 16.4 Å². The van der Waals surface area contributed by atoms with Crippen LogP contribution in [-0.2, 0) is 4.79 Å². The van der Waals surface area contributed by atoms with Crippen molar-refractivity contribution in [2.75, 3.05) is 5.32 Å². The van der Waals surface area contributed by atoms with Gasteiger partial charge < -0.3 is 9.72 Å². The van der Waals surface area contributed by atoms with Gasteiger partial charge in [0.2, 0.25) is 5.91 Å². The minimum atomic E-state index is -0.642. The third-order valence-corrected chi connectivity index (χ3v) is 4.90. The Morgan fingerprint density at radius 3 is 2.52 bits per heavy atom. The van der Waals surface area contributed by atoms with Crippen LogP contribution in [0.15, 0.2) is 73.1 Å². The molecule has 2 aromatic carbocycles. The fourth-order valence-electron chi connectivity index (χ4n) is 3.31. The third-order valence-electron chi connectivity index (χ3n) is 4.67. The Bertz CT molecular complexity index is 1190. The van der Waals surface area contributed by atoms with Crippen LogP contribution >= 0.6 is 11.6 Å². The number of fused-ring (bicyclic) bond motifs is 1. The highest BCUT2D eigenvalue weighted by Gasteiger charge is 2.25. The van der Waals surface area contributed by atoms with Gasteiger partial charge in [-0.2, -0.15) is 0 Å². The normalized spacial score (nSPS) is 12.1. The van der Waals surface area contributed by atoms with Crippen molar-refractivity contribution in [1.82, 2.24) is 9.38 Å². The zero-order valence-corrected chi connectivity index (χ0v) is 15.9. The topological polar surface area (TPSA) is 46.4 Å². The number of hydrogen-bond donors (Lipinski definition) is 1. The van der Waals surface area contributed by atoms with Crippen LogP contribution in [0.5, 0.6) is 0 Å². The van der Waals surface area contributed by atoms with E-state index in [4.69, 9.17) is 11.6 Å². The number of imidazole rings is 1. The first-order chi connectivity index (χ1) is 14.0. The lowest BCUT2D eigenvalue weighted by atomic mass is 9.91. The predicted octanol–water partition coefficient (Wildman–Crippen LogP) is 5.43. The molecular formula is C22H16ClF2N3O. The molecule has 2 heterocycles. The maximum absolute atomic E-state index is 14.6. The van der Waals surface area contributed by atoms with Crippen molar-refractivity contribution >= 4 is 28.8 Å². The first-order valence-corrected chi connectivity index (χ1v) is 9.32. The molecule has 4 nitrogen and oxygen atoms in total. The zero-order chi connectivity index (χ0) is 20.4. The Kier molecular flexibility index (Phi) is 5.27. The number of halogens is 3. The molecule has 0 saturated heterocycles. The van der Waals surface area contributed by atoms with E-state index in [0.29, 0.717) is 21.9 Å². The molecule has 0 aliphatic carbocycles. The molecule has 1 N–H and O–H groups in total. The van der Waals surface area contributed by atoms with E-state index in [1.807, 2.05) is 0 Å². The summed E-state index contributed by atoms with van der Waals surface area (Å²) >= 11 is 6.12. The molecule has 0 radical (unpaired) electrons. The number of carbonyl (C=O) groups excluding carboxylic acids is 1. The minimum absolute atomic E-state index is 0.0750. The Balaban J connectivity index is 1.73. The highest BCUT2D eigenvalue weighted by atomic mass is 35.5. The van der Waals surface area contributed by atoms with Gasteiger partial charge in [-0.25, -0.2) is 13.8 Å². The summed E-state index contributed by atoms with van der Waals surface area (Å²) < 4.78 is 30.2. The molecule has 1 atom stereocenters. The summed E-state index contributed by atoms with van der Waals surface area (Å²) in [5, 5.41) is 3.05. The van der Waals surface area contributed by atoms with Gasteiger partial charge in [0.25, 0.3) is 0 Å². The Hall–Kier alpha value is -3.25. The predicted molar refractivity (Wildman–Crippen MR) is 108 cm³/mol. The highest BCUT2D eigenvalue weighted by molar-refractivity contribution is 6.30. The van der Waals surface area contributed by atoms with Gasteiger partial charge in [-0.15, -0.1) is 0 Å². The van der Waals surface area contributed by atoms with Gasteiger partial charge >= 0.3 is 0 Å². The van der Waals surface area contributed by atoms with E-state index in [-0.39, 0.29) is 12.1 Å². The molecule has 1 amide bonds. The summed E-state index contributed by atoms with van der Waals surface area (Å²) in [6.07, 6.45) is 3.16. The van der Waals surface area contributed by atoms with Gasteiger partial charge in [-0.3, -0.25) is 4.79 Å². The maximum atomic E-state index is 14.6. The standard InChI is InChI=1S/C22H16ClF2N3O/c23-14-9-10-21-26-12-20(28(21)13-14)16(15-5-1-2-6-17(15)24)11-22(29)27-19-8-4-3-7-18(19)25/h1-10,12-13,16H,11H2,(H,27,29). The van der Waals surface area contributed by atoms with Gasteiger partial charge in [0, 0.05) is 24.7 Å². The third kappa shape index (κ3) is 3.98. The quantitative estimate of drug-likeness (QED) is 0.476.